The maximum atomic E-state index is 5.00. The molecule has 0 atom stereocenters. The van der Waals surface area contributed by atoms with E-state index in [0.717, 1.165) is 45.8 Å². The molecule has 110 valence electrons. The minimum absolute atomic E-state index is 0.770. The van der Waals surface area contributed by atoms with Crippen LogP contribution in [0.25, 0.3) is 0 Å². The van der Waals surface area contributed by atoms with Crippen molar-refractivity contribution in [3.05, 3.63) is 17.5 Å². The Morgan fingerprint density at radius 2 is 2.16 bits per heavy atom. The normalized spacial score (nSPS) is 11.4. The standard InChI is InChI=1S/C14H28N4O/c1-5-13-11-14(18(6-2)16-13)12-17(3)9-7-15-8-10-19-4/h11,15H,5-10,12H2,1-4H3. The highest BCUT2D eigenvalue weighted by Crippen LogP contribution is 2.07. The van der Waals surface area contributed by atoms with Crippen molar-refractivity contribution in [2.45, 2.75) is 33.4 Å². The van der Waals surface area contributed by atoms with Gasteiger partial charge in [-0.1, -0.05) is 6.92 Å². The summed E-state index contributed by atoms with van der Waals surface area (Å²) < 4.78 is 7.11. The first kappa shape index (κ1) is 16.1. The summed E-state index contributed by atoms with van der Waals surface area (Å²) in [7, 11) is 3.88. The second kappa shape index (κ2) is 9.07. The van der Waals surface area contributed by atoms with E-state index in [-0.39, 0.29) is 0 Å². The molecule has 0 saturated carbocycles. The van der Waals surface area contributed by atoms with E-state index in [9.17, 15) is 0 Å². The highest BCUT2D eigenvalue weighted by Gasteiger charge is 2.08. The van der Waals surface area contributed by atoms with E-state index in [1.165, 1.54) is 11.4 Å². The third-order valence-electron chi connectivity index (χ3n) is 3.16. The summed E-state index contributed by atoms with van der Waals surface area (Å²) in [6.45, 7) is 9.88. The lowest BCUT2D eigenvalue weighted by atomic mass is 10.3. The maximum absolute atomic E-state index is 5.00. The summed E-state index contributed by atoms with van der Waals surface area (Å²) in [6.07, 6.45) is 1.00. The van der Waals surface area contributed by atoms with Gasteiger partial charge < -0.3 is 10.1 Å². The number of likely N-dealkylation sites (N-methyl/N-ethyl adjacent to an activating group) is 1. The second-order valence-electron chi connectivity index (χ2n) is 4.78. The van der Waals surface area contributed by atoms with E-state index in [4.69, 9.17) is 4.74 Å². The largest absolute Gasteiger partial charge is 0.383 e. The van der Waals surface area contributed by atoms with E-state index < -0.39 is 0 Å². The molecule has 1 aromatic heterocycles. The zero-order valence-corrected chi connectivity index (χ0v) is 12.8. The molecular weight excluding hydrogens is 240 g/mol. The Morgan fingerprint density at radius 3 is 2.79 bits per heavy atom. The average molecular weight is 268 g/mol. The van der Waals surface area contributed by atoms with Crippen LogP contribution in [-0.4, -0.2) is 55.1 Å². The van der Waals surface area contributed by atoms with Gasteiger partial charge in [0, 0.05) is 39.8 Å². The second-order valence-corrected chi connectivity index (χ2v) is 4.78. The highest BCUT2D eigenvalue weighted by atomic mass is 16.5. The predicted octanol–water partition coefficient (Wildman–Crippen LogP) is 1.13. The van der Waals surface area contributed by atoms with E-state index >= 15 is 0 Å². The molecule has 1 N–H and O–H groups in total. The van der Waals surface area contributed by atoms with Gasteiger partial charge in [-0.25, -0.2) is 0 Å². The van der Waals surface area contributed by atoms with Gasteiger partial charge in [-0.3, -0.25) is 9.58 Å². The Hall–Kier alpha value is -0.910. The van der Waals surface area contributed by atoms with Gasteiger partial charge in [0.05, 0.1) is 18.0 Å². The van der Waals surface area contributed by atoms with Crippen LogP contribution in [0.2, 0.25) is 0 Å². The van der Waals surface area contributed by atoms with Crippen molar-refractivity contribution in [3.8, 4) is 0 Å². The monoisotopic (exact) mass is 268 g/mol. The molecule has 0 aliphatic carbocycles. The summed E-state index contributed by atoms with van der Waals surface area (Å²) in [4.78, 5) is 2.32. The van der Waals surface area contributed by atoms with Crippen LogP contribution < -0.4 is 5.32 Å². The molecule has 0 fully saturated rings. The highest BCUT2D eigenvalue weighted by molar-refractivity contribution is 5.10. The lowest BCUT2D eigenvalue weighted by Gasteiger charge is -2.17. The number of nitrogens with zero attached hydrogens (tertiary/aromatic N) is 3. The molecule has 0 bridgehead atoms. The molecule has 1 aromatic rings. The average Bonchev–Trinajstić information content (AvgIpc) is 2.80. The first-order valence-corrected chi connectivity index (χ1v) is 7.15. The van der Waals surface area contributed by atoms with Gasteiger partial charge in [-0.15, -0.1) is 0 Å². The molecule has 0 amide bonds. The van der Waals surface area contributed by atoms with Gasteiger partial charge >= 0.3 is 0 Å². The molecule has 0 aliphatic rings. The van der Waals surface area contributed by atoms with Crippen LogP contribution in [0.5, 0.6) is 0 Å². The third kappa shape index (κ3) is 5.72. The van der Waals surface area contributed by atoms with Crippen LogP contribution in [0.1, 0.15) is 25.2 Å². The van der Waals surface area contributed by atoms with E-state index in [0.29, 0.717) is 0 Å². The first-order valence-electron chi connectivity index (χ1n) is 7.15. The summed E-state index contributed by atoms with van der Waals surface area (Å²) in [5.74, 6) is 0. The molecule has 0 aromatic carbocycles. The van der Waals surface area contributed by atoms with Crippen LogP contribution in [0.4, 0.5) is 0 Å². The number of methoxy groups -OCH3 is 1. The number of aromatic nitrogens is 2. The zero-order chi connectivity index (χ0) is 14.1. The Balaban J connectivity index is 2.34. The topological polar surface area (TPSA) is 42.3 Å². The van der Waals surface area contributed by atoms with E-state index in [1.54, 1.807) is 7.11 Å². The Bertz CT molecular complexity index is 351. The summed E-state index contributed by atoms with van der Waals surface area (Å²) in [5.41, 5.74) is 2.49. The molecule has 19 heavy (non-hydrogen) atoms. The smallest absolute Gasteiger partial charge is 0.0625 e. The molecule has 1 heterocycles. The first-order chi connectivity index (χ1) is 9.21. The molecule has 0 spiro atoms. The minimum atomic E-state index is 0.770. The van der Waals surface area contributed by atoms with Gasteiger partial charge in [0.15, 0.2) is 0 Å². The van der Waals surface area contributed by atoms with Gasteiger partial charge in [0.1, 0.15) is 0 Å². The Kier molecular flexibility index (Phi) is 7.70. The molecule has 0 unspecified atom stereocenters. The fourth-order valence-electron chi connectivity index (χ4n) is 2.01. The van der Waals surface area contributed by atoms with Crippen LogP contribution in [0.3, 0.4) is 0 Å². The predicted molar refractivity (Wildman–Crippen MR) is 78.4 cm³/mol. The number of ether oxygens (including phenoxy) is 1. The number of hydrogen-bond donors (Lipinski definition) is 1. The van der Waals surface area contributed by atoms with E-state index in [1.807, 2.05) is 0 Å². The Labute approximate surface area is 116 Å². The van der Waals surface area contributed by atoms with E-state index in [2.05, 4.69) is 47.0 Å². The molecule has 5 nitrogen and oxygen atoms in total. The lowest BCUT2D eigenvalue weighted by Crippen LogP contribution is -2.31. The zero-order valence-electron chi connectivity index (χ0n) is 12.8. The molecule has 5 heteroatoms. The lowest BCUT2D eigenvalue weighted by molar-refractivity contribution is 0.197. The van der Waals surface area contributed by atoms with Gasteiger partial charge in [0.2, 0.25) is 0 Å². The fraction of sp³-hybridized carbons (Fsp3) is 0.786. The number of nitrogens with one attached hydrogen (secondary N) is 1. The summed E-state index contributed by atoms with van der Waals surface area (Å²) in [5, 5.41) is 7.94. The fourth-order valence-corrected chi connectivity index (χ4v) is 2.01. The van der Waals surface area contributed by atoms with Gasteiger partial charge in [-0.05, 0) is 26.5 Å². The molecular formula is C14H28N4O. The van der Waals surface area contributed by atoms with Crippen molar-refractivity contribution in [1.82, 2.24) is 20.0 Å². The quantitative estimate of drug-likeness (QED) is 0.646. The molecule has 1 rings (SSSR count). The third-order valence-corrected chi connectivity index (χ3v) is 3.16. The van der Waals surface area contributed by atoms with Crippen molar-refractivity contribution < 1.29 is 4.74 Å². The van der Waals surface area contributed by atoms with Crippen LogP contribution >= 0.6 is 0 Å². The van der Waals surface area contributed by atoms with Crippen molar-refractivity contribution in [2.24, 2.45) is 0 Å². The van der Waals surface area contributed by atoms with Crippen molar-refractivity contribution in [2.75, 3.05) is 40.4 Å². The Morgan fingerprint density at radius 1 is 1.37 bits per heavy atom. The maximum Gasteiger partial charge on any atom is 0.0625 e. The van der Waals surface area contributed by atoms with Crippen molar-refractivity contribution in [1.29, 1.82) is 0 Å². The molecule has 0 radical (unpaired) electrons. The van der Waals surface area contributed by atoms with Crippen LogP contribution in [0.15, 0.2) is 6.07 Å². The molecule has 0 saturated heterocycles. The number of aryl methyl sites for hydroxylation is 2. The summed E-state index contributed by atoms with van der Waals surface area (Å²) in [6, 6.07) is 2.22. The van der Waals surface area contributed by atoms with Crippen LogP contribution in [0, 0.1) is 0 Å². The summed E-state index contributed by atoms with van der Waals surface area (Å²) >= 11 is 0. The van der Waals surface area contributed by atoms with Crippen LogP contribution in [-0.2, 0) is 24.2 Å². The van der Waals surface area contributed by atoms with Gasteiger partial charge in [0.25, 0.3) is 0 Å². The van der Waals surface area contributed by atoms with Gasteiger partial charge in [-0.2, -0.15) is 5.10 Å². The number of hydrogen-bond acceptors (Lipinski definition) is 4. The van der Waals surface area contributed by atoms with Crippen molar-refractivity contribution >= 4 is 0 Å². The number of rotatable bonds is 10. The minimum Gasteiger partial charge on any atom is -0.383 e. The SMILES string of the molecule is CCc1cc(CN(C)CCNCCOC)n(CC)n1. The molecule has 0 aliphatic heterocycles. The van der Waals surface area contributed by atoms with Crippen molar-refractivity contribution in [3.63, 3.8) is 0 Å².